The van der Waals surface area contributed by atoms with Gasteiger partial charge in [0.05, 0.1) is 6.61 Å². The maximum Gasteiger partial charge on any atom is 0.194 e. The standard InChI is InChI=1S/C12H16O5/c1-7-4-2-3-5-8(7)10(15)12(17)11(16)9(14)6-13/h2-5,9,11-14,16-17H,6H2,1H3. The van der Waals surface area contributed by atoms with Crippen molar-refractivity contribution < 1.29 is 25.2 Å². The van der Waals surface area contributed by atoms with Crippen molar-refractivity contribution in [2.75, 3.05) is 6.61 Å². The molecule has 1 rings (SSSR count). The molecule has 0 aliphatic carbocycles. The van der Waals surface area contributed by atoms with Crippen LogP contribution in [0.2, 0.25) is 0 Å². The third-order valence-electron chi connectivity index (χ3n) is 2.58. The summed E-state index contributed by atoms with van der Waals surface area (Å²) in [6, 6.07) is 6.62. The van der Waals surface area contributed by atoms with E-state index in [1.54, 1.807) is 25.1 Å². The first-order valence-corrected chi connectivity index (χ1v) is 5.24. The van der Waals surface area contributed by atoms with Crippen LogP contribution in [0.25, 0.3) is 0 Å². The molecule has 5 nitrogen and oxygen atoms in total. The summed E-state index contributed by atoms with van der Waals surface area (Å²) < 4.78 is 0. The number of Topliss-reactive ketones (excluding diaryl/α,β-unsaturated/α-hetero) is 1. The number of aliphatic hydroxyl groups is 4. The van der Waals surface area contributed by atoms with Gasteiger partial charge < -0.3 is 20.4 Å². The van der Waals surface area contributed by atoms with Gasteiger partial charge in [-0.15, -0.1) is 0 Å². The Balaban J connectivity index is 2.87. The second-order valence-electron chi connectivity index (χ2n) is 3.86. The number of aliphatic hydroxyl groups excluding tert-OH is 4. The summed E-state index contributed by atoms with van der Waals surface area (Å²) in [5.74, 6) is -0.678. The zero-order valence-corrected chi connectivity index (χ0v) is 9.45. The van der Waals surface area contributed by atoms with E-state index < -0.39 is 30.7 Å². The van der Waals surface area contributed by atoms with Gasteiger partial charge in [-0.3, -0.25) is 4.79 Å². The molecule has 0 aliphatic rings. The molecule has 4 N–H and O–H groups in total. The molecule has 5 heteroatoms. The van der Waals surface area contributed by atoms with Crippen LogP contribution >= 0.6 is 0 Å². The smallest absolute Gasteiger partial charge is 0.194 e. The van der Waals surface area contributed by atoms with E-state index in [9.17, 15) is 15.0 Å². The van der Waals surface area contributed by atoms with E-state index in [4.69, 9.17) is 10.2 Å². The highest BCUT2D eigenvalue weighted by Gasteiger charge is 2.30. The molecular weight excluding hydrogens is 224 g/mol. The van der Waals surface area contributed by atoms with E-state index in [0.29, 0.717) is 5.56 Å². The van der Waals surface area contributed by atoms with Gasteiger partial charge in [0.25, 0.3) is 0 Å². The quantitative estimate of drug-likeness (QED) is 0.508. The lowest BCUT2D eigenvalue weighted by Crippen LogP contribution is -2.44. The fraction of sp³-hybridized carbons (Fsp3) is 0.417. The summed E-state index contributed by atoms with van der Waals surface area (Å²) >= 11 is 0. The van der Waals surface area contributed by atoms with Crippen molar-refractivity contribution in [2.24, 2.45) is 0 Å². The summed E-state index contributed by atoms with van der Waals surface area (Å²) in [6.45, 7) is 0.980. The highest BCUT2D eigenvalue weighted by molar-refractivity contribution is 6.00. The average Bonchev–Trinajstić information content (AvgIpc) is 2.35. The normalized spacial score (nSPS) is 16.3. The van der Waals surface area contributed by atoms with Crippen molar-refractivity contribution in [3.05, 3.63) is 35.4 Å². The largest absolute Gasteiger partial charge is 0.394 e. The highest BCUT2D eigenvalue weighted by Crippen LogP contribution is 2.13. The summed E-state index contributed by atoms with van der Waals surface area (Å²) in [7, 11) is 0. The van der Waals surface area contributed by atoms with Crippen LogP contribution in [0, 0.1) is 6.92 Å². The molecular formula is C12H16O5. The molecule has 94 valence electrons. The van der Waals surface area contributed by atoms with Gasteiger partial charge in [0.2, 0.25) is 0 Å². The lowest BCUT2D eigenvalue weighted by molar-refractivity contribution is -0.0646. The van der Waals surface area contributed by atoms with Crippen LogP contribution in [-0.4, -0.2) is 51.1 Å². The zero-order valence-electron chi connectivity index (χ0n) is 9.45. The summed E-state index contributed by atoms with van der Waals surface area (Å²) in [5.41, 5.74) is 0.950. The van der Waals surface area contributed by atoms with E-state index in [1.165, 1.54) is 6.07 Å². The molecule has 1 aromatic rings. The zero-order chi connectivity index (χ0) is 13.0. The number of ketones is 1. The first-order chi connectivity index (χ1) is 7.99. The van der Waals surface area contributed by atoms with Crippen molar-refractivity contribution in [2.45, 2.75) is 25.2 Å². The molecule has 0 amide bonds. The Morgan fingerprint density at radius 2 is 1.82 bits per heavy atom. The van der Waals surface area contributed by atoms with Crippen molar-refractivity contribution in [3.63, 3.8) is 0 Å². The van der Waals surface area contributed by atoms with Crippen molar-refractivity contribution in [1.82, 2.24) is 0 Å². The van der Waals surface area contributed by atoms with Gasteiger partial charge in [0, 0.05) is 5.56 Å². The van der Waals surface area contributed by atoms with Crippen molar-refractivity contribution in [1.29, 1.82) is 0 Å². The van der Waals surface area contributed by atoms with Crippen molar-refractivity contribution in [3.8, 4) is 0 Å². The molecule has 0 aromatic heterocycles. The Morgan fingerprint density at radius 3 is 2.35 bits per heavy atom. The van der Waals surface area contributed by atoms with Crippen LogP contribution in [-0.2, 0) is 0 Å². The third-order valence-corrected chi connectivity index (χ3v) is 2.58. The minimum absolute atomic E-state index is 0.282. The fourth-order valence-electron chi connectivity index (χ4n) is 1.48. The number of carbonyl (C=O) groups excluding carboxylic acids is 1. The minimum Gasteiger partial charge on any atom is -0.394 e. The number of carbonyl (C=O) groups is 1. The molecule has 3 atom stereocenters. The number of rotatable bonds is 5. The van der Waals surface area contributed by atoms with Gasteiger partial charge in [-0.1, -0.05) is 24.3 Å². The van der Waals surface area contributed by atoms with E-state index >= 15 is 0 Å². The Morgan fingerprint density at radius 1 is 1.24 bits per heavy atom. The number of benzene rings is 1. The molecule has 1 aromatic carbocycles. The predicted molar refractivity (Wildman–Crippen MR) is 60.6 cm³/mol. The molecule has 0 fully saturated rings. The molecule has 0 aliphatic heterocycles. The lowest BCUT2D eigenvalue weighted by Gasteiger charge is -2.21. The number of aryl methyl sites for hydroxylation is 1. The van der Waals surface area contributed by atoms with Gasteiger partial charge in [0.15, 0.2) is 5.78 Å². The maximum absolute atomic E-state index is 11.8. The number of hydrogen-bond acceptors (Lipinski definition) is 5. The Bertz CT molecular complexity index is 390. The molecule has 3 unspecified atom stereocenters. The monoisotopic (exact) mass is 240 g/mol. The first kappa shape index (κ1) is 13.8. The molecule has 0 heterocycles. The summed E-state index contributed by atoms with van der Waals surface area (Å²) in [4.78, 5) is 11.8. The highest BCUT2D eigenvalue weighted by atomic mass is 16.4. The van der Waals surface area contributed by atoms with E-state index in [-0.39, 0.29) is 5.56 Å². The second-order valence-corrected chi connectivity index (χ2v) is 3.86. The Labute approximate surface area is 99.0 Å². The third kappa shape index (κ3) is 3.10. The van der Waals surface area contributed by atoms with Gasteiger partial charge in [-0.25, -0.2) is 0 Å². The van der Waals surface area contributed by atoms with Gasteiger partial charge in [-0.05, 0) is 12.5 Å². The first-order valence-electron chi connectivity index (χ1n) is 5.24. The van der Waals surface area contributed by atoms with E-state index in [1.807, 2.05) is 0 Å². The van der Waals surface area contributed by atoms with Crippen LogP contribution in [0.1, 0.15) is 15.9 Å². The molecule has 17 heavy (non-hydrogen) atoms. The second kappa shape index (κ2) is 5.88. The van der Waals surface area contributed by atoms with Gasteiger partial charge in [0.1, 0.15) is 18.3 Å². The summed E-state index contributed by atoms with van der Waals surface area (Å²) in [6.07, 6.45) is -5.00. The molecule has 0 saturated heterocycles. The van der Waals surface area contributed by atoms with Gasteiger partial charge in [-0.2, -0.15) is 0 Å². The fourth-order valence-corrected chi connectivity index (χ4v) is 1.48. The molecule has 0 saturated carbocycles. The van der Waals surface area contributed by atoms with E-state index in [2.05, 4.69) is 0 Å². The molecule has 0 radical (unpaired) electrons. The van der Waals surface area contributed by atoms with Gasteiger partial charge >= 0.3 is 0 Å². The molecule has 0 spiro atoms. The Hall–Kier alpha value is -1.27. The van der Waals surface area contributed by atoms with Crippen LogP contribution in [0.15, 0.2) is 24.3 Å². The topological polar surface area (TPSA) is 98.0 Å². The predicted octanol–water partition coefficient (Wildman–Crippen LogP) is -0.747. The van der Waals surface area contributed by atoms with Crippen LogP contribution < -0.4 is 0 Å². The Kier molecular flexibility index (Phi) is 4.77. The number of hydrogen-bond donors (Lipinski definition) is 4. The van der Waals surface area contributed by atoms with E-state index in [0.717, 1.165) is 0 Å². The van der Waals surface area contributed by atoms with Crippen LogP contribution in [0.4, 0.5) is 0 Å². The van der Waals surface area contributed by atoms with Crippen LogP contribution in [0.3, 0.4) is 0 Å². The van der Waals surface area contributed by atoms with Crippen LogP contribution in [0.5, 0.6) is 0 Å². The minimum atomic E-state index is -1.75. The molecule has 0 bridgehead atoms. The lowest BCUT2D eigenvalue weighted by atomic mass is 9.96. The van der Waals surface area contributed by atoms with Crippen molar-refractivity contribution >= 4 is 5.78 Å². The summed E-state index contributed by atoms with van der Waals surface area (Å²) in [5, 5.41) is 36.8. The average molecular weight is 240 g/mol. The SMILES string of the molecule is Cc1ccccc1C(=O)C(O)C(O)C(O)CO. The maximum atomic E-state index is 11.8.